The maximum Gasteiger partial charge on any atom is 0.254 e. The summed E-state index contributed by atoms with van der Waals surface area (Å²) in [6.07, 6.45) is 2.70. The van der Waals surface area contributed by atoms with E-state index in [0.717, 1.165) is 17.8 Å². The first-order valence-corrected chi connectivity index (χ1v) is 8.58. The first-order valence-electron chi connectivity index (χ1n) is 8.58. The standard InChI is InChI=1S/C20H27N3O/c1-5-16(4)22-19-13-18(11-12-21-19)20(24)23(15(2)3)14-17-9-7-6-8-10-17/h6-13,15-16H,5,14H2,1-4H3,(H,21,22). The molecule has 4 heteroatoms. The van der Waals surface area contributed by atoms with Gasteiger partial charge in [0.15, 0.2) is 0 Å². The predicted octanol–water partition coefficient (Wildman–Crippen LogP) is 4.34. The van der Waals surface area contributed by atoms with Gasteiger partial charge in [0.2, 0.25) is 0 Å². The molecular formula is C20H27N3O. The molecule has 128 valence electrons. The molecule has 0 aliphatic heterocycles. The van der Waals surface area contributed by atoms with Crippen LogP contribution >= 0.6 is 0 Å². The zero-order valence-electron chi connectivity index (χ0n) is 15.0. The summed E-state index contributed by atoms with van der Waals surface area (Å²) in [5, 5.41) is 3.32. The predicted molar refractivity (Wildman–Crippen MR) is 99.1 cm³/mol. The van der Waals surface area contributed by atoms with Crippen molar-refractivity contribution < 1.29 is 4.79 Å². The van der Waals surface area contributed by atoms with Crippen LogP contribution in [-0.2, 0) is 6.54 Å². The lowest BCUT2D eigenvalue weighted by molar-refractivity contribution is 0.0690. The summed E-state index contributed by atoms with van der Waals surface area (Å²) < 4.78 is 0. The lowest BCUT2D eigenvalue weighted by Crippen LogP contribution is -2.36. The minimum atomic E-state index is 0.0310. The van der Waals surface area contributed by atoms with Gasteiger partial charge < -0.3 is 10.2 Å². The van der Waals surface area contributed by atoms with Gasteiger partial charge in [0, 0.05) is 30.4 Å². The van der Waals surface area contributed by atoms with Crippen molar-refractivity contribution in [3.8, 4) is 0 Å². The number of hydrogen-bond donors (Lipinski definition) is 1. The van der Waals surface area contributed by atoms with Gasteiger partial charge in [0.25, 0.3) is 5.91 Å². The molecule has 2 rings (SSSR count). The zero-order chi connectivity index (χ0) is 17.5. The van der Waals surface area contributed by atoms with Gasteiger partial charge in [0.1, 0.15) is 5.82 Å². The van der Waals surface area contributed by atoms with E-state index >= 15 is 0 Å². The summed E-state index contributed by atoms with van der Waals surface area (Å²) >= 11 is 0. The van der Waals surface area contributed by atoms with E-state index in [1.54, 1.807) is 12.3 Å². The number of benzene rings is 1. The van der Waals surface area contributed by atoms with Gasteiger partial charge in [-0.15, -0.1) is 0 Å². The molecule has 0 aliphatic rings. The Hall–Kier alpha value is -2.36. The minimum Gasteiger partial charge on any atom is -0.368 e. The number of carbonyl (C=O) groups is 1. The van der Waals surface area contributed by atoms with E-state index in [9.17, 15) is 4.79 Å². The third-order valence-corrected chi connectivity index (χ3v) is 4.09. The lowest BCUT2D eigenvalue weighted by Gasteiger charge is -2.27. The Labute approximate surface area is 144 Å². The average Bonchev–Trinajstić information content (AvgIpc) is 2.60. The van der Waals surface area contributed by atoms with Crippen LogP contribution in [0.1, 0.15) is 50.0 Å². The van der Waals surface area contributed by atoms with Crippen molar-refractivity contribution in [2.45, 2.75) is 52.7 Å². The van der Waals surface area contributed by atoms with Gasteiger partial charge >= 0.3 is 0 Å². The van der Waals surface area contributed by atoms with Crippen LogP contribution in [0, 0.1) is 0 Å². The van der Waals surface area contributed by atoms with E-state index in [1.165, 1.54) is 0 Å². The molecule has 0 spiro atoms. The maximum atomic E-state index is 13.0. The second kappa shape index (κ2) is 8.48. The van der Waals surface area contributed by atoms with Gasteiger partial charge in [-0.1, -0.05) is 37.3 Å². The summed E-state index contributed by atoms with van der Waals surface area (Å²) in [4.78, 5) is 19.2. The van der Waals surface area contributed by atoms with Crippen LogP contribution in [0.25, 0.3) is 0 Å². The molecule has 1 heterocycles. The molecule has 1 unspecified atom stereocenters. The largest absolute Gasteiger partial charge is 0.368 e. The normalized spacial score (nSPS) is 12.0. The van der Waals surface area contributed by atoms with Gasteiger partial charge in [0.05, 0.1) is 0 Å². The molecule has 1 aromatic carbocycles. The summed E-state index contributed by atoms with van der Waals surface area (Å²) in [7, 11) is 0. The molecule has 0 aliphatic carbocycles. The summed E-state index contributed by atoms with van der Waals surface area (Å²) in [5.74, 6) is 0.780. The van der Waals surface area contributed by atoms with Crippen LogP contribution < -0.4 is 5.32 Å². The fourth-order valence-corrected chi connectivity index (χ4v) is 2.43. The molecule has 1 aromatic heterocycles. The number of nitrogens with one attached hydrogen (secondary N) is 1. The molecule has 0 saturated heterocycles. The van der Waals surface area contributed by atoms with E-state index in [-0.39, 0.29) is 11.9 Å². The molecule has 24 heavy (non-hydrogen) atoms. The molecule has 4 nitrogen and oxygen atoms in total. The number of rotatable bonds is 7. The highest BCUT2D eigenvalue weighted by molar-refractivity contribution is 5.95. The number of anilines is 1. The fourth-order valence-electron chi connectivity index (χ4n) is 2.43. The Morgan fingerprint density at radius 3 is 2.50 bits per heavy atom. The number of carbonyl (C=O) groups excluding carboxylic acids is 1. The van der Waals surface area contributed by atoms with Gasteiger partial charge in [-0.2, -0.15) is 0 Å². The minimum absolute atomic E-state index is 0.0310. The molecule has 0 bridgehead atoms. The van der Waals surface area contributed by atoms with Gasteiger partial charge in [-0.25, -0.2) is 4.98 Å². The summed E-state index contributed by atoms with van der Waals surface area (Å²) in [6, 6.07) is 14.2. The van der Waals surface area contributed by atoms with Gasteiger partial charge in [-0.3, -0.25) is 4.79 Å². The second-order valence-electron chi connectivity index (χ2n) is 6.40. The third-order valence-electron chi connectivity index (χ3n) is 4.09. The highest BCUT2D eigenvalue weighted by atomic mass is 16.2. The topological polar surface area (TPSA) is 45.2 Å². The smallest absolute Gasteiger partial charge is 0.254 e. The Morgan fingerprint density at radius 1 is 1.17 bits per heavy atom. The number of amides is 1. The number of pyridine rings is 1. The van der Waals surface area contributed by atoms with E-state index in [2.05, 4.69) is 24.1 Å². The SMILES string of the molecule is CCC(C)Nc1cc(C(=O)N(Cc2ccccc2)C(C)C)ccn1. The highest BCUT2D eigenvalue weighted by Gasteiger charge is 2.19. The van der Waals surface area contributed by atoms with Crippen molar-refractivity contribution in [2.24, 2.45) is 0 Å². The maximum absolute atomic E-state index is 13.0. The second-order valence-corrected chi connectivity index (χ2v) is 6.40. The van der Waals surface area contributed by atoms with Crippen molar-refractivity contribution >= 4 is 11.7 Å². The Balaban J connectivity index is 2.19. The highest BCUT2D eigenvalue weighted by Crippen LogP contribution is 2.16. The van der Waals surface area contributed by atoms with Crippen molar-refractivity contribution in [1.82, 2.24) is 9.88 Å². The van der Waals surface area contributed by atoms with Crippen LogP contribution in [0.5, 0.6) is 0 Å². The van der Waals surface area contributed by atoms with Crippen molar-refractivity contribution in [3.63, 3.8) is 0 Å². The molecule has 1 atom stereocenters. The molecule has 0 saturated carbocycles. The summed E-state index contributed by atoms with van der Waals surface area (Å²) in [6.45, 7) is 8.91. The molecule has 2 aromatic rings. The van der Waals surface area contributed by atoms with Crippen molar-refractivity contribution in [1.29, 1.82) is 0 Å². The number of aromatic nitrogens is 1. The van der Waals surface area contributed by atoms with Crippen molar-refractivity contribution in [2.75, 3.05) is 5.32 Å². The Kier molecular flexibility index (Phi) is 6.36. The third kappa shape index (κ3) is 4.82. The first-order chi connectivity index (χ1) is 11.5. The van der Waals surface area contributed by atoms with Gasteiger partial charge in [-0.05, 0) is 44.9 Å². The van der Waals surface area contributed by atoms with Crippen LogP contribution in [-0.4, -0.2) is 27.9 Å². The molecule has 0 fully saturated rings. The number of nitrogens with zero attached hydrogens (tertiary/aromatic N) is 2. The molecule has 0 radical (unpaired) electrons. The molecular weight excluding hydrogens is 298 g/mol. The Bertz CT molecular complexity index is 655. The van der Waals surface area contributed by atoms with Crippen molar-refractivity contribution in [3.05, 3.63) is 59.8 Å². The van der Waals surface area contributed by atoms with E-state index < -0.39 is 0 Å². The van der Waals surface area contributed by atoms with E-state index in [4.69, 9.17) is 0 Å². The fraction of sp³-hybridized carbons (Fsp3) is 0.400. The number of hydrogen-bond acceptors (Lipinski definition) is 3. The lowest BCUT2D eigenvalue weighted by atomic mass is 10.1. The monoisotopic (exact) mass is 325 g/mol. The molecule has 1 amide bonds. The Morgan fingerprint density at radius 2 is 1.88 bits per heavy atom. The zero-order valence-corrected chi connectivity index (χ0v) is 15.0. The molecule has 1 N–H and O–H groups in total. The quantitative estimate of drug-likeness (QED) is 0.823. The van der Waals surface area contributed by atoms with Crippen LogP contribution in [0.3, 0.4) is 0 Å². The summed E-state index contributed by atoms with van der Waals surface area (Å²) in [5.41, 5.74) is 1.80. The average molecular weight is 325 g/mol. The van der Waals surface area contributed by atoms with Crippen LogP contribution in [0.2, 0.25) is 0 Å². The first kappa shape index (κ1) is 18.0. The van der Waals surface area contributed by atoms with E-state index in [1.807, 2.05) is 55.1 Å². The van der Waals surface area contributed by atoms with E-state index in [0.29, 0.717) is 18.2 Å². The van der Waals surface area contributed by atoms with Crippen LogP contribution in [0.15, 0.2) is 48.7 Å². The van der Waals surface area contributed by atoms with Crippen LogP contribution in [0.4, 0.5) is 5.82 Å².